The summed E-state index contributed by atoms with van der Waals surface area (Å²) in [4.78, 5) is 0. The van der Waals surface area contributed by atoms with Crippen LogP contribution in [-0.2, 0) is 14.6 Å². The zero-order valence-electron chi connectivity index (χ0n) is 8.18. The molecule has 6 heteroatoms. The predicted molar refractivity (Wildman–Crippen MR) is 59.0 cm³/mol. The van der Waals surface area contributed by atoms with E-state index in [0.29, 0.717) is 17.4 Å². The van der Waals surface area contributed by atoms with Crippen LogP contribution in [0.3, 0.4) is 0 Å². The third kappa shape index (κ3) is 2.78. The standard InChI is InChI=1S/C9H13NO3S2/c11-15(12,9-2-1-5-14-9)7-8-6-13-4-3-10-8/h1-2,5,8,10H,3-4,6-7H2. The molecule has 0 spiro atoms. The molecule has 2 heterocycles. The number of hydrogen-bond donors (Lipinski definition) is 1. The maximum Gasteiger partial charge on any atom is 0.189 e. The van der Waals surface area contributed by atoms with Crippen molar-refractivity contribution < 1.29 is 13.2 Å². The van der Waals surface area contributed by atoms with Crippen LogP contribution < -0.4 is 5.32 Å². The molecule has 1 aliphatic heterocycles. The Morgan fingerprint density at radius 3 is 3.07 bits per heavy atom. The van der Waals surface area contributed by atoms with E-state index < -0.39 is 9.84 Å². The third-order valence-electron chi connectivity index (χ3n) is 2.22. The average molecular weight is 247 g/mol. The van der Waals surface area contributed by atoms with Gasteiger partial charge in [-0.05, 0) is 11.4 Å². The zero-order valence-corrected chi connectivity index (χ0v) is 9.81. The number of hydrogen-bond acceptors (Lipinski definition) is 5. The molecule has 15 heavy (non-hydrogen) atoms. The predicted octanol–water partition coefficient (Wildman–Crippen LogP) is 0.510. The van der Waals surface area contributed by atoms with Crippen molar-refractivity contribution in [3.05, 3.63) is 17.5 Å². The van der Waals surface area contributed by atoms with Crippen LogP contribution >= 0.6 is 11.3 Å². The molecule has 0 aromatic carbocycles. The Hall–Kier alpha value is -0.430. The van der Waals surface area contributed by atoms with Crippen LogP contribution in [0.2, 0.25) is 0 Å². The Bertz CT molecular complexity index is 393. The SMILES string of the molecule is O=S(=O)(CC1COCCN1)c1cccs1. The number of morpholine rings is 1. The Labute approximate surface area is 93.2 Å². The summed E-state index contributed by atoms with van der Waals surface area (Å²) in [5, 5.41) is 4.91. The van der Waals surface area contributed by atoms with Gasteiger partial charge < -0.3 is 10.1 Å². The largest absolute Gasteiger partial charge is 0.378 e. The number of ether oxygens (including phenoxy) is 1. The molecule has 1 fully saturated rings. The number of thiophene rings is 1. The summed E-state index contributed by atoms with van der Waals surface area (Å²) >= 11 is 1.26. The molecular formula is C9H13NO3S2. The van der Waals surface area contributed by atoms with Crippen molar-refractivity contribution in [3.8, 4) is 0 Å². The Balaban J connectivity index is 2.04. The van der Waals surface area contributed by atoms with E-state index in [0.717, 1.165) is 6.54 Å². The van der Waals surface area contributed by atoms with Gasteiger partial charge >= 0.3 is 0 Å². The van der Waals surface area contributed by atoms with Crippen LogP contribution in [0.25, 0.3) is 0 Å². The molecule has 0 radical (unpaired) electrons. The minimum atomic E-state index is -3.14. The lowest BCUT2D eigenvalue weighted by Gasteiger charge is -2.23. The van der Waals surface area contributed by atoms with Crippen LogP contribution in [0.5, 0.6) is 0 Å². The topological polar surface area (TPSA) is 55.4 Å². The lowest BCUT2D eigenvalue weighted by atomic mass is 10.3. The van der Waals surface area contributed by atoms with Gasteiger partial charge in [0.25, 0.3) is 0 Å². The Morgan fingerprint density at radius 1 is 1.60 bits per heavy atom. The summed E-state index contributed by atoms with van der Waals surface area (Å²) < 4.78 is 29.4. The van der Waals surface area contributed by atoms with Gasteiger partial charge in [0, 0.05) is 12.6 Å². The minimum Gasteiger partial charge on any atom is -0.378 e. The molecule has 1 aromatic rings. The van der Waals surface area contributed by atoms with Gasteiger partial charge in [0.1, 0.15) is 4.21 Å². The van der Waals surface area contributed by atoms with Gasteiger partial charge in [0.15, 0.2) is 9.84 Å². The highest BCUT2D eigenvalue weighted by Crippen LogP contribution is 2.18. The van der Waals surface area contributed by atoms with Crippen LogP contribution in [-0.4, -0.2) is 40.0 Å². The molecule has 2 rings (SSSR count). The molecule has 1 saturated heterocycles. The van der Waals surface area contributed by atoms with Crippen LogP contribution in [0.1, 0.15) is 0 Å². The second-order valence-electron chi connectivity index (χ2n) is 3.44. The van der Waals surface area contributed by atoms with E-state index in [9.17, 15) is 8.42 Å². The summed E-state index contributed by atoms with van der Waals surface area (Å²) in [5.41, 5.74) is 0. The van der Waals surface area contributed by atoms with Crippen molar-refractivity contribution in [1.82, 2.24) is 5.32 Å². The summed E-state index contributed by atoms with van der Waals surface area (Å²) in [6.45, 7) is 1.87. The van der Waals surface area contributed by atoms with Gasteiger partial charge in [-0.1, -0.05) is 6.07 Å². The number of nitrogens with one attached hydrogen (secondary N) is 1. The van der Waals surface area contributed by atoms with Gasteiger partial charge in [0.05, 0.1) is 19.0 Å². The van der Waals surface area contributed by atoms with Gasteiger partial charge in [-0.25, -0.2) is 8.42 Å². The second kappa shape index (κ2) is 4.61. The highest BCUT2D eigenvalue weighted by molar-refractivity contribution is 7.93. The van der Waals surface area contributed by atoms with E-state index in [1.165, 1.54) is 11.3 Å². The first kappa shape index (κ1) is 11.1. The average Bonchev–Trinajstić information content (AvgIpc) is 2.71. The lowest BCUT2D eigenvalue weighted by Crippen LogP contribution is -2.45. The molecule has 0 aliphatic carbocycles. The van der Waals surface area contributed by atoms with Crippen molar-refractivity contribution >= 4 is 21.2 Å². The number of rotatable bonds is 3. The van der Waals surface area contributed by atoms with Crippen LogP contribution in [0.15, 0.2) is 21.7 Å². The molecular weight excluding hydrogens is 234 g/mol. The summed E-state index contributed by atoms with van der Waals surface area (Å²) in [7, 11) is -3.14. The van der Waals surface area contributed by atoms with Gasteiger partial charge in [0.2, 0.25) is 0 Å². The molecule has 1 N–H and O–H groups in total. The van der Waals surface area contributed by atoms with Crippen molar-refractivity contribution in [1.29, 1.82) is 0 Å². The molecule has 1 unspecified atom stereocenters. The van der Waals surface area contributed by atoms with Crippen molar-refractivity contribution in [2.24, 2.45) is 0 Å². The van der Waals surface area contributed by atoms with Gasteiger partial charge in [-0.15, -0.1) is 11.3 Å². The molecule has 0 saturated carbocycles. The molecule has 4 nitrogen and oxygen atoms in total. The lowest BCUT2D eigenvalue weighted by molar-refractivity contribution is 0.0832. The Morgan fingerprint density at radius 2 is 2.47 bits per heavy atom. The summed E-state index contributed by atoms with van der Waals surface area (Å²) in [6, 6.07) is 3.32. The molecule has 84 valence electrons. The normalized spacial score (nSPS) is 22.8. The van der Waals surface area contributed by atoms with E-state index in [-0.39, 0.29) is 11.8 Å². The molecule has 1 aromatic heterocycles. The monoisotopic (exact) mass is 247 g/mol. The van der Waals surface area contributed by atoms with E-state index >= 15 is 0 Å². The smallest absolute Gasteiger partial charge is 0.189 e. The van der Waals surface area contributed by atoms with Crippen LogP contribution in [0, 0.1) is 0 Å². The third-order valence-corrected chi connectivity index (χ3v) is 5.52. The fourth-order valence-corrected chi connectivity index (χ4v) is 4.11. The van der Waals surface area contributed by atoms with Gasteiger partial charge in [-0.2, -0.15) is 0 Å². The van der Waals surface area contributed by atoms with Crippen molar-refractivity contribution in [3.63, 3.8) is 0 Å². The quantitative estimate of drug-likeness (QED) is 0.845. The fraction of sp³-hybridized carbons (Fsp3) is 0.556. The van der Waals surface area contributed by atoms with E-state index in [2.05, 4.69) is 5.32 Å². The Kier molecular flexibility index (Phi) is 3.40. The van der Waals surface area contributed by atoms with Crippen molar-refractivity contribution in [2.45, 2.75) is 10.3 Å². The first-order valence-corrected chi connectivity index (χ1v) is 7.29. The maximum absolute atomic E-state index is 11.9. The van der Waals surface area contributed by atoms with Gasteiger partial charge in [-0.3, -0.25) is 0 Å². The molecule has 1 atom stereocenters. The maximum atomic E-state index is 11.9. The molecule has 0 amide bonds. The molecule has 1 aliphatic rings. The van der Waals surface area contributed by atoms with E-state index in [1.807, 2.05) is 0 Å². The first-order chi connectivity index (χ1) is 7.18. The first-order valence-electron chi connectivity index (χ1n) is 4.76. The highest BCUT2D eigenvalue weighted by Gasteiger charge is 2.23. The summed E-state index contributed by atoms with van der Waals surface area (Å²) in [6.07, 6.45) is 0. The number of sulfone groups is 1. The van der Waals surface area contributed by atoms with Crippen molar-refractivity contribution in [2.75, 3.05) is 25.5 Å². The molecule has 0 bridgehead atoms. The summed E-state index contributed by atoms with van der Waals surface area (Å²) in [5.74, 6) is 0.119. The minimum absolute atomic E-state index is 0.0779. The highest BCUT2D eigenvalue weighted by atomic mass is 32.2. The fourth-order valence-electron chi connectivity index (χ4n) is 1.51. The second-order valence-corrected chi connectivity index (χ2v) is 6.65. The zero-order chi connectivity index (χ0) is 10.7. The van der Waals surface area contributed by atoms with Crippen LogP contribution in [0.4, 0.5) is 0 Å². The van der Waals surface area contributed by atoms with E-state index in [4.69, 9.17) is 4.74 Å². The van der Waals surface area contributed by atoms with E-state index in [1.54, 1.807) is 17.5 Å².